The van der Waals surface area contributed by atoms with Crippen LogP contribution in [0.5, 0.6) is 11.5 Å². The Morgan fingerprint density at radius 2 is 1.68 bits per heavy atom. The number of nitrogens with zero attached hydrogens (tertiary/aromatic N) is 3. The molecule has 2 aromatic carbocycles. The number of methoxy groups -OCH3 is 1. The summed E-state index contributed by atoms with van der Waals surface area (Å²) in [5, 5.41) is 8.10. The van der Waals surface area contributed by atoms with E-state index in [4.69, 9.17) is 9.47 Å². The van der Waals surface area contributed by atoms with Crippen molar-refractivity contribution in [2.45, 2.75) is 6.61 Å². The fourth-order valence-electron chi connectivity index (χ4n) is 1.91. The zero-order valence-electron chi connectivity index (χ0n) is 11.9. The van der Waals surface area contributed by atoms with Crippen molar-refractivity contribution in [3.63, 3.8) is 0 Å². The molecule has 6 heteroatoms. The van der Waals surface area contributed by atoms with Gasteiger partial charge in [-0.05, 0) is 48.5 Å². The third-order valence-electron chi connectivity index (χ3n) is 3.08. The number of rotatable bonds is 5. The highest BCUT2D eigenvalue weighted by atomic mass is 19.1. The monoisotopic (exact) mass is 299 g/mol. The normalized spacial score (nSPS) is 10.5. The minimum Gasteiger partial charge on any atom is -0.497 e. The van der Waals surface area contributed by atoms with E-state index in [9.17, 15) is 4.39 Å². The lowest BCUT2D eigenvalue weighted by molar-refractivity contribution is 0.300. The summed E-state index contributed by atoms with van der Waals surface area (Å²) >= 11 is 0. The maximum Gasteiger partial charge on any atom is 0.134 e. The molecule has 22 heavy (non-hydrogen) atoms. The molecule has 3 rings (SSSR count). The van der Waals surface area contributed by atoms with Gasteiger partial charge >= 0.3 is 0 Å². The topological polar surface area (TPSA) is 49.2 Å². The van der Waals surface area contributed by atoms with Crippen molar-refractivity contribution in [2.24, 2.45) is 0 Å². The number of benzene rings is 2. The third kappa shape index (κ3) is 3.22. The molecule has 0 amide bonds. The average Bonchev–Trinajstić information content (AvgIpc) is 3.03. The second-order valence-electron chi connectivity index (χ2n) is 4.60. The van der Waals surface area contributed by atoms with Crippen LogP contribution in [0.25, 0.3) is 5.69 Å². The smallest absolute Gasteiger partial charge is 0.134 e. The van der Waals surface area contributed by atoms with Crippen molar-refractivity contribution in [3.05, 3.63) is 66.2 Å². The quantitative estimate of drug-likeness (QED) is 0.726. The van der Waals surface area contributed by atoms with Gasteiger partial charge in [-0.1, -0.05) is 5.21 Å². The lowest BCUT2D eigenvalue weighted by Gasteiger charge is -2.03. The molecule has 0 spiro atoms. The summed E-state index contributed by atoms with van der Waals surface area (Å²) in [6.45, 7) is 0.266. The van der Waals surface area contributed by atoms with E-state index >= 15 is 0 Å². The highest BCUT2D eigenvalue weighted by Crippen LogP contribution is 2.15. The molecule has 0 radical (unpaired) electrons. The molecule has 1 aromatic heterocycles. The Kier molecular flexibility index (Phi) is 4.00. The molecule has 0 aliphatic carbocycles. The van der Waals surface area contributed by atoms with Crippen LogP contribution in [0.3, 0.4) is 0 Å². The molecule has 5 nitrogen and oxygen atoms in total. The van der Waals surface area contributed by atoms with Crippen molar-refractivity contribution in [1.29, 1.82) is 0 Å². The number of halogens is 1. The number of hydrogen-bond acceptors (Lipinski definition) is 4. The molecule has 112 valence electrons. The Morgan fingerprint density at radius 3 is 2.36 bits per heavy atom. The van der Waals surface area contributed by atoms with Crippen LogP contribution in [0.1, 0.15) is 5.69 Å². The predicted octanol–water partition coefficient (Wildman–Crippen LogP) is 2.99. The molecule has 0 atom stereocenters. The molecule has 0 unspecified atom stereocenters. The Balaban J connectivity index is 1.66. The predicted molar refractivity (Wildman–Crippen MR) is 78.6 cm³/mol. The third-order valence-corrected chi connectivity index (χ3v) is 3.08. The minimum absolute atomic E-state index is 0.266. The van der Waals surface area contributed by atoms with Crippen LogP contribution in [0.15, 0.2) is 54.7 Å². The van der Waals surface area contributed by atoms with Crippen molar-refractivity contribution >= 4 is 0 Å². The molecule has 1 heterocycles. The van der Waals surface area contributed by atoms with Gasteiger partial charge in [0.1, 0.15) is 29.6 Å². The summed E-state index contributed by atoms with van der Waals surface area (Å²) in [6.07, 6.45) is 1.78. The number of hydrogen-bond donors (Lipinski definition) is 0. The summed E-state index contributed by atoms with van der Waals surface area (Å²) in [5.74, 6) is 1.07. The first-order valence-corrected chi connectivity index (χ1v) is 6.68. The molecule has 0 aliphatic heterocycles. The van der Waals surface area contributed by atoms with E-state index in [1.54, 1.807) is 30.1 Å². The van der Waals surface area contributed by atoms with Gasteiger partial charge in [0.05, 0.1) is 19.0 Å². The molecule has 0 bridgehead atoms. The van der Waals surface area contributed by atoms with E-state index in [0.29, 0.717) is 11.4 Å². The van der Waals surface area contributed by atoms with Gasteiger partial charge < -0.3 is 9.47 Å². The summed E-state index contributed by atoms with van der Waals surface area (Å²) in [4.78, 5) is 0. The Bertz CT molecular complexity index is 739. The van der Waals surface area contributed by atoms with Crippen LogP contribution >= 0.6 is 0 Å². The van der Waals surface area contributed by atoms with Crippen LogP contribution in [0, 0.1) is 5.82 Å². The van der Waals surface area contributed by atoms with Crippen molar-refractivity contribution in [3.8, 4) is 17.2 Å². The van der Waals surface area contributed by atoms with Gasteiger partial charge in [0.15, 0.2) is 0 Å². The fourth-order valence-corrected chi connectivity index (χ4v) is 1.91. The zero-order chi connectivity index (χ0) is 15.4. The largest absolute Gasteiger partial charge is 0.497 e. The van der Waals surface area contributed by atoms with Crippen molar-refractivity contribution < 1.29 is 13.9 Å². The molecule has 3 aromatic rings. The highest BCUT2D eigenvalue weighted by molar-refractivity contribution is 5.36. The summed E-state index contributed by atoms with van der Waals surface area (Å²) < 4.78 is 25.1. The maximum atomic E-state index is 12.8. The first-order valence-electron chi connectivity index (χ1n) is 6.68. The fraction of sp³-hybridized carbons (Fsp3) is 0.125. The Morgan fingerprint density at radius 1 is 1.00 bits per heavy atom. The first kappa shape index (κ1) is 14.1. The van der Waals surface area contributed by atoms with Gasteiger partial charge in [0.25, 0.3) is 0 Å². The van der Waals surface area contributed by atoms with Crippen LogP contribution in [-0.4, -0.2) is 22.1 Å². The van der Waals surface area contributed by atoms with Crippen LogP contribution in [0.2, 0.25) is 0 Å². The number of ether oxygens (including phenoxy) is 2. The minimum atomic E-state index is -0.294. The summed E-state index contributed by atoms with van der Waals surface area (Å²) in [5.41, 5.74) is 1.56. The van der Waals surface area contributed by atoms with Crippen LogP contribution in [0.4, 0.5) is 4.39 Å². The SMILES string of the molecule is COc1ccc(-n2cc(COc3ccc(F)cc3)nn2)cc1. The van der Waals surface area contributed by atoms with Crippen LogP contribution in [-0.2, 0) is 6.61 Å². The van der Waals surface area contributed by atoms with Gasteiger partial charge in [-0.15, -0.1) is 5.10 Å². The molecular weight excluding hydrogens is 285 g/mol. The molecular formula is C16H14FN3O2. The second kappa shape index (κ2) is 6.26. The molecule has 0 saturated carbocycles. The van der Waals surface area contributed by atoms with Crippen LogP contribution < -0.4 is 9.47 Å². The standard InChI is InChI=1S/C16H14FN3O2/c1-21-15-8-4-14(5-9-15)20-10-13(18-19-20)11-22-16-6-2-12(17)3-7-16/h2-10H,11H2,1H3. The Hall–Kier alpha value is -2.89. The lowest BCUT2D eigenvalue weighted by atomic mass is 10.3. The van der Waals surface area contributed by atoms with E-state index in [0.717, 1.165) is 11.4 Å². The average molecular weight is 299 g/mol. The summed E-state index contributed by atoms with van der Waals surface area (Å²) in [7, 11) is 1.62. The molecule has 0 aliphatic rings. The molecule has 0 saturated heterocycles. The lowest BCUT2D eigenvalue weighted by Crippen LogP contribution is -1.96. The van der Waals surface area contributed by atoms with Gasteiger partial charge in [0.2, 0.25) is 0 Å². The van der Waals surface area contributed by atoms with Gasteiger partial charge in [-0.25, -0.2) is 9.07 Å². The Labute approximate surface area is 126 Å². The highest BCUT2D eigenvalue weighted by Gasteiger charge is 2.04. The number of aromatic nitrogens is 3. The van der Waals surface area contributed by atoms with E-state index < -0.39 is 0 Å². The van der Waals surface area contributed by atoms with Gasteiger partial charge in [-0.3, -0.25) is 0 Å². The van der Waals surface area contributed by atoms with Gasteiger partial charge in [-0.2, -0.15) is 0 Å². The van der Waals surface area contributed by atoms with Crippen molar-refractivity contribution in [2.75, 3.05) is 7.11 Å². The first-order chi connectivity index (χ1) is 10.7. The maximum absolute atomic E-state index is 12.8. The van der Waals surface area contributed by atoms with E-state index in [1.165, 1.54) is 12.1 Å². The molecule has 0 fully saturated rings. The van der Waals surface area contributed by atoms with E-state index in [1.807, 2.05) is 24.3 Å². The van der Waals surface area contributed by atoms with Gasteiger partial charge in [0, 0.05) is 0 Å². The van der Waals surface area contributed by atoms with Crippen molar-refractivity contribution in [1.82, 2.24) is 15.0 Å². The zero-order valence-corrected chi connectivity index (χ0v) is 11.9. The summed E-state index contributed by atoms with van der Waals surface area (Å²) in [6, 6.07) is 13.3. The van der Waals surface area contributed by atoms with E-state index in [2.05, 4.69) is 10.3 Å². The van der Waals surface area contributed by atoms with E-state index in [-0.39, 0.29) is 12.4 Å². The second-order valence-corrected chi connectivity index (χ2v) is 4.60. The molecule has 0 N–H and O–H groups in total.